The molecule has 0 unspecified atom stereocenters. The molecule has 7 rings (SSSR count). The molecular formula is C46H61N3O8. The van der Waals surface area contributed by atoms with E-state index in [1.54, 1.807) is 12.2 Å². The number of carbonyl (C=O) groups is 3. The standard InChI is InChI=1S/C46H61N3O8/c1-25(29(24-49-40(47)48)36(53)35(52)26(2)39(54)55)31-22-44(56)20-21-46(57)30(17-16-27-12-8-7-9-13-27)37-41(3,4)33(51)18-19-42(37,5)34-32(50)23-45(31,28-14-10-11-15-28)43(44,6)38(34)46/h7-9,12-13,16-17,20-21,25,28-31,36-37,52-53,56-57H,10-11,14-15,18-19,22-24H2,1-6H3,(H,54,55)(H4,47,48,49)/b17-16+,35-26-/t25-,29+,30+,31-,36+,37-,42-,43-,44+,45+,46-/m1/s1. The molecule has 0 heterocycles. The third-order valence-corrected chi connectivity index (χ3v) is 16.5. The SMILES string of the molecule is C/C(C(=O)O)=C(/O)[C@@H](O)[C@@H](CN=C(N)N)[C@@H](C)[C@H]1C[C@@]2(O)C=C[C@]3(O)C4=C(C(=O)C[C@@]1(C1CCCC1)[C@]42C)[C@@]1(C)CCC(=O)C(C)(C)[C@H]1[C@@H]3/C=C/c1ccccc1. The maximum Gasteiger partial charge on any atom is 0.334 e. The van der Waals surface area contributed by atoms with Crippen molar-refractivity contribution in [2.75, 3.05) is 6.54 Å². The number of hydrogen-bond donors (Lipinski definition) is 7. The Labute approximate surface area is 335 Å². The number of aliphatic imine (C=N–C) groups is 1. The summed E-state index contributed by atoms with van der Waals surface area (Å²) in [7, 11) is 0. The molecule has 0 aromatic heterocycles. The zero-order valence-corrected chi connectivity index (χ0v) is 34.2. The first-order valence-corrected chi connectivity index (χ1v) is 20.7. The van der Waals surface area contributed by atoms with Crippen molar-refractivity contribution in [3.05, 3.63) is 76.6 Å². The minimum atomic E-state index is -1.74. The Kier molecular flexibility index (Phi) is 9.93. The number of aliphatic hydroxyl groups excluding tert-OH is 2. The van der Waals surface area contributed by atoms with Crippen molar-refractivity contribution in [1.82, 2.24) is 0 Å². The largest absolute Gasteiger partial charge is 0.509 e. The molecule has 11 nitrogen and oxygen atoms in total. The van der Waals surface area contributed by atoms with E-state index in [-0.39, 0.29) is 42.8 Å². The van der Waals surface area contributed by atoms with Crippen molar-refractivity contribution < 1.29 is 39.9 Å². The van der Waals surface area contributed by atoms with E-state index in [4.69, 9.17) is 11.5 Å². The van der Waals surface area contributed by atoms with Gasteiger partial charge in [-0.1, -0.05) is 96.0 Å². The van der Waals surface area contributed by atoms with Crippen LogP contribution >= 0.6 is 0 Å². The number of aliphatic hydroxyl groups is 4. The van der Waals surface area contributed by atoms with Crippen molar-refractivity contribution in [3.63, 3.8) is 0 Å². The molecule has 0 aliphatic heterocycles. The Bertz CT molecular complexity index is 2010. The number of hydrogen-bond acceptors (Lipinski definition) is 8. The lowest BCUT2D eigenvalue weighted by Crippen LogP contribution is -2.70. The van der Waals surface area contributed by atoms with Crippen LogP contribution in [-0.2, 0) is 14.4 Å². The van der Waals surface area contributed by atoms with Gasteiger partial charge in [-0.05, 0) is 78.9 Å². The van der Waals surface area contributed by atoms with Crippen LogP contribution in [0.2, 0.25) is 0 Å². The normalized spacial score (nSPS) is 39.0. The number of Topliss-reactive ketones (excluding diaryl/α,β-unsaturated/α-hetero) is 2. The van der Waals surface area contributed by atoms with Gasteiger partial charge in [0.1, 0.15) is 23.2 Å². The monoisotopic (exact) mass is 783 g/mol. The molecule has 0 bridgehead atoms. The predicted molar refractivity (Wildman–Crippen MR) is 217 cm³/mol. The van der Waals surface area contributed by atoms with E-state index in [0.717, 1.165) is 31.2 Å². The highest BCUT2D eigenvalue weighted by molar-refractivity contribution is 6.02. The van der Waals surface area contributed by atoms with Crippen molar-refractivity contribution >= 4 is 29.6 Å². The average molecular weight is 784 g/mol. The number of rotatable bonds is 10. The molecule has 1 aromatic carbocycles. The number of fused-ring (bicyclic) bond motifs is 2. The van der Waals surface area contributed by atoms with Gasteiger partial charge in [-0.15, -0.1) is 0 Å². The first kappa shape index (κ1) is 41.1. The lowest BCUT2D eigenvalue weighted by atomic mass is 9.34. The number of ketones is 2. The molecule has 308 valence electrons. The van der Waals surface area contributed by atoms with Gasteiger partial charge in [0.2, 0.25) is 0 Å². The topological polar surface area (TPSA) is 217 Å². The summed E-state index contributed by atoms with van der Waals surface area (Å²) in [6.45, 7) is 11.0. The fourth-order valence-electron chi connectivity index (χ4n) is 13.8. The first-order valence-electron chi connectivity index (χ1n) is 20.7. The molecule has 0 amide bonds. The minimum absolute atomic E-state index is 0.0447. The fourth-order valence-corrected chi connectivity index (χ4v) is 13.8. The molecule has 57 heavy (non-hydrogen) atoms. The summed E-state index contributed by atoms with van der Waals surface area (Å²) in [6.07, 6.45) is 10.3. The van der Waals surface area contributed by atoms with E-state index in [9.17, 15) is 35.1 Å². The van der Waals surface area contributed by atoms with Gasteiger partial charge in [-0.3, -0.25) is 14.6 Å². The fraction of sp³-hybridized carbons (Fsp3) is 0.609. The number of benzene rings is 1. The number of nitrogens with zero attached hydrogens (tertiary/aromatic N) is 1. The van der Waals surface area contributed by atoms with Crippen molar-refractivity contribution in [1.29, 1.82) is 0 Å². The summed E-state index contributed by atoms with van der Waals surface area (Å²) in [5.41, 5.74) is 6.12. The van der Waals surface area contributed by atoms with E-state index in [1.165, 1.54) is 6.92 Å². The summed E-state index contributed by atoms with van der Waals surface area (Å²) in [4.78, 5) is 45.7. The lowest BCUT2D eigenvalue weighted by Gasteiger charge is -2.69. The van der Waals surface area contributed by atoms with Gasteiger partial charge in [0.05, 0.1) is 11.2 Å². The van der Waals surface area contributed by atoms with Crippen molar-refractivity contribution in [2.24, 2.45) is 73.6 Å². The van der Waals surface area contributed by atoms with Gasteiger partial charge in [0.15, 0.2) is 11.7 Å². The number of carboxylic acids is 1. The molecule has 6 aliphatic rings. The van der Waals surface area contributed by atoms with Crippen LogP contribution < -0.4 is 11.5 Å². The molecule has 6 aliphatic carbocycles. The number of allylic oxidation sites excluding steroid dienone is 1. The lowest BCUT2D eigenvalue weighted by molar-refractivity contribution is -0.169. The van der Waals surface area contributed by atoms with E-state index in [1.807, 2.05) is 70.2 Å². The maximum absolute atomic E-state index is 15.6. The molecule has 0 radical (unpaired) electrons. The van der Waals surface area contributed by atoms with E-state index in [2.05, 4.69) is 11.9 Å². The Hall–Kier alpha value is -4.06. The zero-order valence-electron chi connectivity index (χ0n) is 34.2. The number of nitrogens with two attached hydrogens (primary N) is 2. The van der Waals surface area contributed by atoms with Crippen LogP contribution in [0, 0.1) is 57.2 Å². The van der Waals surface area contributed by atoms with Gasteiger partial charge < -0.3 is 37.0 Å². The summed E-state index contributed by atoms with van der Waals surface area (Å²) >= 11 is 0. The molecule has 11 heteroatoms. The highest BCUT2D eigenvalue weighted by atomic mass is 16.4. The Morgan fingerprint density at radius 2 is 1.67 bits per heavy atom. The molecule has 3 saturated carbocycles. The number of carbonyl (C=O) groups excluding carboxylic acids is 2. The summed E-state index contributed by atoms with van der Waals surface area (Å²) in [6, 6.07) is 9.80. The van der Waals surface area contributed by atoms with Crippen LogP contribution in [0.15, 0.2) is 76.0 Å². The van der Waals surface area contributed by atoms with Gasteiger partial charge in [0.25, 0.3) is 0 Å². The summed E-state index contributed by atoms with van der Waals surface area (Å²) in [5.74, 6) is -5.39. The second-order valence-corrected chi connectivity index (χ2v) is 19.3. The van der Waals surface area contributed by atoms with Crippen LogP contribution in [0.3, 0.4) is 0 Å². The van der Waals surface area contributed by atoms with Crippen LogP contribution in [0.4, 0.5) is 0 Å². The maximum atomic E-state index is 15.6. The average Bonchev–Trinajstić information content (AvgIpc) is 3.77. The van der Waals surface area contributed by atoms with Gasteiger partial charge in [-0.2, -0.15) is 0 Å². The molecule has 9 N–H and O–H groups in total. The number of guanidine groups is 1. The number of carboxylic acid groups (broad SMARTS) is 1. The zero-order chi connectivity index (χ0) is 41.7. The molecular weight excluding hydrogens is 723 g/mol. The van der Waals surface area contributed by atoms with Crippen molar-refractivity contribution in [2.45, 2.75) is 110 Å². The van der Waals surface area contributed by atoms with E-state index >= 15 is 4.79 Å². The minimum Gasteiger partial charge on any atom is -0.509 e. The molecule has 0 saturated heterocycles. The first-order chi connectivity index (χ1) is 26.6. The van der Waals surface area contributed by atoms with Crippen LogP contribution in [0.5, 0.6) is 0 Å². The molecule has 3 fully saturated rings. The molecule has 1 aromatic rings. The van der Waals surface area contributed by atoms with Crippen LogP contribution in [-0.4, -0.2) is 72.9 Å². The smallest absolute Gasteiger partial charge is 0.334 e. The van der Waals surface area contributed by atoms with E-state index < -0.39 is 85.9 Å². The summed E-state index contributed by atoms with van der Waals surface area (Å²) in [5, 5.41) is 59.8. The van der Waals surface area contributed by atoms with Crippen LogP contribution in [0.1, 0.15) is 98.5 Å². The van der Waals surface area contributed by atoms with Gasteiger partial charge in [0, 0.05) is 53.0 Å². The van der Waals surface area contributed by atoms with E-state index in [0.29, 0.717) is 24.0 Å². The second kappa shape index (κ2) is 13.8. The second-order valence-electron chi connectivity index (χ2n) is 19.3. The van der Waals surface area contributed by atoms with Crippen molar-refractivity contribution in [3.8, 4) is 0 Å². The van der Waals surface area contributed by atoms with Crippen LogP contribution in [0.25, 0.3) is 6.08 Å². The third-order valence-electron chi connectivity index (χ3n) is 16.5. The highest BCUT2D eigenvalue weighted by Gasteiger charge is 2.81. The Morgan fingerprint density at radius 1 is 1.02 bits per heavy atom. The Morgan fingerprint density at radius 3 is 2.28 bits per heavy atom. The third kappa shape index (κ3) is 5.61. The highest BCUT2D eigenvalue weighted by Crippen LogP contribution is 2.81. The summed E-state index contributed by atoms with van der Waals surface area (Å²) < 4.78 is 0. The Balaban J connectivity index is 1.50. The van der Waals surface area contributed by atoms with Gasteiger partial charge >= 0.3 is 5.97 Å². The van der Waals surface area contributed by atoms with Gasteiger partial charge in [-0.25, -0.2) is 4.79 Å². The molecule has 11 atom stereocenters. The molecule has 0 spiro atoms. The number of aliphatic carboxylic acids is 1. The predicted octanol–water partition coefficient (Wildman–Crippen LogP) is 5.65. The quantitative estimate of drug-likeness (QED) is 0.0509.